The molecule has 0 radical (unpaired) electrons. The van der Waals surface area contributed by atoms with Crippen LogP contribution >= 0.6 is 0 Å². The first kappa shape index (κ1) is 20.8. The summed E-state index contributed by atoms with van der Waals surface area (Å²) in [7, 11) is 0. The molecule has 0 saturated carbocycles. The summed E-state index contributed by atoms with van der Waals surface area (Å²) in [5.41, 5.74) is 1.03. The first-order chi connectivity index (χ1) is 13.5. The van der Waals surface area contributed by atoms with Crippen LogP contribution in [0.3, 0.4) is 0 Å². The molecule has 28 heavy (non-hydrogen) atoms. The predicted molar refractivity (Wildman–Crippen MR) is 112 cm³/mol. The quantitative estimate of drug-likeness (QED) is 0.819. The van der Waals surface area contributed by atoms with Gasteiger partial charge < -0.3 is 15.1 Å². The van der Waals surface area contributed by atoms with E-state index in [1.165, 1.54) is 12.8 Å². The highest BCUT2D eigenvalue weighted by atomic mass is 16.2. The van der Waals surface area contributed by atoms with Crippen molar-refractivity contribution in [2.75, 3.05) is 32.7 Å². The van der Waals surface area contributed by atoms with Crippen molar-refractivity contribution in [3.63, 3.8) is 0 Å². The maximum atomic E-state index is 12.8. The van der Waals surface area contributed by atoms with Gasteiger partial charge in [-0.3, -0.25) is 9.59 Å². The minimum atomic E-state index is -0.0868. The molecule has 2 fully saturated rings. The molecule has 154 valence electrons. The summed E-state index contributed by atoms with van der Waals surface area (Å²) in [6, 6.07) is 9.98. The maximum absolute atomic E-state index is 12.8. The molecule has 3 atom stereocenters. The Balaban J connectivity index is 1.46. The van der Waals surface area contributed by atoms with Gasteiger partial charge in [-0.05, 0) is 50.6 Å². The summed E-state index contributed by atoms with van der Waals surface area (Å²) in [4.78, 5) is 29.8. The molecule has 5 heteroatoms. The van der Waals surface area contributed by atoms with Crippen LogP contribution in [0.5, 0.6) is 0 Å². The molecule has 0 spiro atoms. The molecular weight excluding hydrogens is 350 g/mol. The lowest BCUT2D eigenvalue weighted by Gasteiger charge is -2.35. The molecule has 2 aliphatic heterocycles. The van der Waals surface area contributed by atoms with Crippen LogP contribution in [0.15, 0.2) is 30.3 Å². The van der Waals surface area contributed by atoms with Crippen molar-refractivity contribution < 1.29 is 9.59 Å². The van der Waals surface area contributed by atoms with Crippen LogP contribution in [-0.2, 0) is 16.0 Å². The second-order valence-electron chi connectivity index (χ2n) is 8.76. The Labute approximate surface area is 169 Å². The summed E-state index contributed by atoms with van der Waals surface area (Å²) in [5, 5.41) is 3.20. The van der Waals surface area contributed by atoms with Crippen molar-refractivity contribution in [1.82, 2.24) is 15.1 Å². The molecule has 3 rings (SSSR count). The van der Waals surface area contributed by atoms with Crippen molar-refractivity contribution >= 4 is 11.8 Å². The molecule has 2 aliphatic rings. The van der Waals surface area contributed by atoms with Gasteiger partial charge in [0.15, 0.2) is 0 Å². The Morgan fingerprint density at radius 3 is 2.61 bits per heavy atom. The second kappa shape index (κ2) is 10.1. The van der Waals surface area contributed by atoms with Gasteiger partial charge in [-0.25, -0.2) is 0 Å². The van der Waals surface area contributed by atoms with E-state index in [2.05, 4.69) is 24.1 Å². The lowest BCUT2D eigenvalue weighted by Crippen LogP contribution is -2.50. The monoisotopic (exact) mass is 385 g/mol. The fraction of sp³-hybridized carbons (Fsp3) is 0.652. The highest BCUT2D eigenvalue weighted by Crippen LogP contribution is 2.19. The number of rotatable bonds is 6. The zero-order valence-corrected chi connectivity index (χ0v) is 17.4. The van der Waals surface area contributed by atoms with Crippen LogP contribution in [0.1, 0.15) is 45.1 Å². The van der Waals surface area contributed by atoms with Gasteiger partial charge in [-0.1, -0.05) is 37.3 Å². The van der Waals surface area contributed by atoms with Gasteiger partial charge in [-0.2, -0.15) is 0 Å². The van der Waals surface area contributed by atoms with E-state index in [0.717, 1.165) is 50.5 Å². The standard InChI is InChI=1S/C23H35N3O2/c1-18-8-6-12-25(15-18)16-19(2)24-23(28)21-11-7-13-26(17-21)22(27)14-20-9-4-3-5-10-20/h3-5,9-10,18-19,21H,6-8,11-17H2,1-2H3,(H,24,28)/t18-,19+,21+/m1/s1. The molecule has 2 heterocycles. The predicted octanol–water partition coefficient (Wildman–Crippen LogP) is 2.70. The van der Waals surface area contributed by atoms with Crippen molar-refractivity contribution in [2.24, 2.45) is 11.8 Å². The molecule has 1 N–H and O–H groups in total. The first-order valence-corrected chi connectivity index (χ1v) is 10.9. The zero-order valence-electron chi connectivity index (χ0n) is 17.4. The Hall–Kier alpha value is -1.88. The van der Waals surface area contributed by atoms with Crippen molar-refractivity contribution in [3.05, 3.63) is 35.9 Å². The number of hydrogen-bond acceptors (Lipinski definition) is 3. The van der Waals surface area contributed by atoms with E-state index < -0.39 is 0 Å². The number of likely N-dealkylation sites (tertiary alicyclic amines) is 2. The lowest BCUT2D eigenvalue weighted by molar-refractivity contribution is -0.135. The van der Waals surface area contributed by atoms with Gasteiger partial charge in [0.2, 0.25) is 11.8 Å². The lowest BCUT2D eigenvalue weighted by atomic mass is 9.96. The molecule has 5 nitrogen and oxygen atoms in total. The third-order valence-electron chi connectivity index (χ3n) is 6.00. The van der Waals surface area contributed by atoms with Crippen molar-refractivity contribution in [3.8, 4) is 0 Å². The topological polar surface area (TPSA) is 52.7 Å². The van der Waals surface area contributed by atoms with Gasteiger partial charge in [0, 0.05) is 32.2 Å². The van der Waals surface area contributed by atoms with Crippen LogP contribution in [-0.4, -0.2) is 60.4 Å². The average Bonchev–Trinajstić information content (AvgIpc) is 2.68. The molecule has 0 aliphatic carbocycles. The summed E-state index contributed by atoms with van der Waals surface area (Å²) < 4.78 is 0. The minimum absolute atomic E-state index is 0.0868. The molecule has 2 saturated heterocycles. The maximum Gasteiger partial charge on any atom is 0.227 e. The number of benzene rings is 1. The van der Waals surface area contributed by atoms with Gasteiger partial charge in [0.25, 0.3) is 0 Å². The largest absolute Gasteiger partial charge is 0.352 e. The van der Waals surface area contributed by atoms with E-state index in [1.54, 1.807) is 0 Å². The average molecular weight is 386 g/mol. The van der Waals surface area contributed by atoms with Gasteiger partial charge in [0.1, 0.15) is 0 Å². The number of nitrogens with one attached hydrogen (secondary N) is 1. The molecule has 0 bridgehead atoms. The molecular formula is C23H35N3O2. The van der Waals surface area contributed by atoms with Crippen molar-refractivity contribution in [1.29, 1.82) is 0 Å². The summed E-state index contributed by atoms with van der Waals surface area (Å²) >= 11 is 0. The first-order valence-electron chi connectivity index (χ1n) is 10.9. The second-order valence-corrected chi connectivity index (χ2v) is 8.76. The molecule has 2 amide bonds. The van der Waals surface area contributed by atoms with E-state index in [-0.39, 0.29) is 23.8 Å². The number of hydrogen-bond donors (Lipinski definition) is 1. The molecule has 1 aromatic rings. The van der Waals surface area contributed by atoms with Crippen LogP contribution in [0.4, 0.5) is 0 Å². The SMILES string of the molecule is C[C@@H]1CCCN(C[C@H](C)NC(=O)[C@H]2CCCN(C(=O)Cc3ccccc3)C2)C1. The highest BCUT2D eigenvalue weighted by Gasteiger charge is 2.29. The Morgan fingerprint density at radius 2 is 1.86 bits per heavy atom. The van der Waals surface area contributed by atoms with Crippen LogP contribution < -0.4 is 5.32 Å². The fourth-order valence-corrected chi connectivity index (χ4v) is 4.55. The van der Waals surface area contributed by atoms with E-state index in [9.17, 15) is 9.59 Å². The number of nitrogens with zero attached hydrogens (tertiary/aromatic N) is 2. The van der Waals surface area contributed by atoms with Crippen LogP contribution in [0, 0.1) is 11.8 Å². The molecule has 0 aromatic heterocycles. The van der Waals surface area contributed by atoms with Gasteiger partial charge in [-0.15, -0.1) is 0 Å². The third-order valence-corrected chi connectivity index (χ3v) is 6.00. The van der Waals surface area contributed by atoms with E-state index >= 15 is 0 Å². The van der Waals surface area contributed by atoms with Gasteiger partial charge >= 0.3 is 0 Å². The Kier molecular flexibility index (Phi) is 7.49. The summed E-state index contributed by atoms with van der Waals surface area (Å²) in [6.07, 6.45) is 4.75. The zero-order chi connectivity index (χ0) is 19.9. The number of amides is 2. The number of carbonyl (C=O) groups is 2. The third kappa shape index (κ3) is 6.06. The smallest absolute Gasteiger partial charge is 0.227 e. The fourth-order valence-electron chi connectivity index (χ4n) is 4.55. The Morgan fingerprint density at radius 1 is 1.11 bits per heavy atom. The van der Waals surface area contributed by atoms with Gasteiger partial charge in [0.05, 0.1) is 12.3 Å². The van der Waals surface area contributed by atoms with Crippen molar-refractivity contribution in [2.45, 2.75) is 52.0 Å². The Bertz CT molecular complexity index is 649. The number of carbonyl (C=O) groups excluding carboxylic acids is 2. The van der Waals surface area contributed by atoms with Crippen LogP contribution in [0.25, 0.3) is 0 Å². The summed E-state index contributed by atoms with van der Waals surface area (Å²) in [5.74, 6) is 0.893. The van der Waals surface area contributed by atoms with Crippen LogP contribution in [0.2, 0.25) is 0 Å². The van der Waals surface area contributed by atoms with E-state index in [1.807, 2.05) is 35.2 Å². The molecule has 0 unspecified atom stereocenters. The van der Waals surface area contributed by atoms with E-state index in [0.29, 0.717) is 13.0 Å². The van der Waals surface area contributed by atoms with E-state index in [4.69, 9.17) is 0 Å². The summed E-state index contributed by atoms with van der Waals surface area (Å²) in [6.45, 7) is 8.89. The molecule has 1 aromatic carbocycles. The normalized spacial score (nSPS) is 24.6. The minimum Gasteiger partial charge on any atom is -0.352 e. The highest BCUT2D eigenvalue weighted by molar-refractivity contribution is 5.82. The number of piperidine rings is 2.